The molecule has 0 radical (unpaired) electrons. The van der Waals surface area contributed by atoms with Crippen LogP contribution in [0.3, 0.4) is 0 Å². The van der Waals surface area contributed by atoms with Gasteiger partial charge in [0.05, 0.1) is 14.1 Å². The molecule has 2 aliphatic rings. The first-order chi connectivity index (χ1) is 13.7. The number of carbonyl (C=O) groups is 1. The predicted molar refractivity (Wildman–Crippen MR) is 104 cm³/mol. The van der Waals surface area contributed by atoms with Crippen molar-refractivity contribution in [3.05, 3.63) is 83.4 Å². The van der Waals surface area contributed by atoms with Crippen LogP contribution in [0.5, 0.6) is 0 Å². The number of hydrogen-bond acceptors (Lipinski definition) is 3. The second-order valence-corrected chi connectivity index (χ2v) is 8.37. The van der Waals surface area contributed by atoms with Gasteiger partial charge in [0, 0.05) is 12.8 Å². The van der Waals surface area contributed by atoms with Crippen molar-refractivity contribution in [3.8, 4) is 0 Å². The number of piperidine rings is 1. The van der Waals surface area contributed by atoms with Crippen molar-refractivity contribution in [2.45, 2.75) is 36.6 Å². The fourth-order valence-electron chi connectivity index (χ4n) is 4.40. The van der Waals surface area contributed by atoms with Gasteiger partial charge in [0.25, 0.3) is 0 Å². The molecule has 0 aliphatic carbocycles. The van der Waals surface area contributed by atoms with Gasteiger partial charge in [0.15, 0.2) is 0 Å². The van der Waals surface area contributed by atoms with E-state index in [1.807, 2.05) is 0 Å². The summed E-state index contributed by atoms with van der Waals surface area (Å²) in [6, 6.07) is 10.5. The second-order valence-electron chi connectivity index (χ2n) is 8.37. The summed E-state index contributed by atoms with van der Waals surface area (Å²) in [6.45, 7) is 0. The van der Waals surface area contributed by atoms with Crippen molar-refractivity contribution >= 4 is 5.97 Å². The van der Waals surface area contributed by atoms with Gasteiger partial charge in [-0.15, -0.1) is 0 Å². The lowest BCUT2D eigenvalue weighted by molar-refractivity contribution is -0.926. The van der Waals surface area contributed by atoms with E-state index in [0.717, 1.165) is 4.48 Å². The maximum absolute atomic E-state index is 13.4. The molecule has 1 N–H and O–H groups in total. The summed E-state index contributed by atoms with van der Waals surface area (Å²) in [4.78, 5) is 13.2. The fraction of sp³-hybridized carbons (Fsp3) is 0.348. The Morgan fingerprint density at radius 1 is 0.933 bits per heavy atom. The van der Waals surface area contributed by atoms with Crippen LogP contribution >= 0.6 is 0 Å². The Hall–Kier alpha value is -2.09. The van der Waals surface area contributed by atoms with E-state index in [-0.39, 0.29) is 46.3 Å². The van der Waals surface area contributed by atoms with Gasteiger partial charge in [-0.05, 0) is 47.5 Å². The molecule has 160 valence electrons. The van der Waals surface area contributed by atoms with Crippen LogP contribution in [-0.2, 0) is 15.1 Å². The minimum absolute atomic E-state index is 0. The van der Waals surface area contributed by atoms with Gasteiger partial charge in [-0.2, -0.15) is 0 Å². The van der Waals surface area contributed by atoms with Crippen molar-refractivity contribution in [2.24, 2.45) is 0 Å². The molecular weight excluding hydrogens is 456 g/mol. The van der Waals surface area contributed by atoms with Gasteiger partial charge in [0.2, 0.25) is 5.60 Å². The normalized spacial score (nSPS) is 24.2. The Morgan fingerprint density at radius 3 is 1.73 bits per heavy atom. The number of likely N-dealkylation sites (N-methyl/N-ethyl adjacent to an activating group) is 1. The Morgan fingerprint density at radius 2 is 1.33 bits per heavy atom. The largest absolute Gasteiger partial charge is 1.00 e. The number of carbonyl (C=O) groups excluding carboxylic acids is 1. The Kier molecular flexibility index (Phi) is 6.18. The SMILES string of the molecule is C[N+]1(C)C2C=C[C@@H]1CC(OC(=O)C(O)(c1ccc(F)cc1)c1ccc(F)cc1)C2.[Br-]. The molecule has 4 nitrogen and oxygen atoms in total. The van der Waals surface area contributed by atoms with E-state index in [1.54, 1.807) is 0 Å². The number of fused-ring (bicyclic) bond motifs is 2. The molecule has 2 aromatic carbocycles. The van der Waals surface area contributed by atoms with E-state index in [9.17, 15) is 18.7 Å². The zero-order valence-electron chi connectivity index (χ0n) is 16.8. The standard InChI is InChI=1S/C23H24F2NO3.BrH/c1-26(2)19-11-12-20(26)14-21(13-19)29-22(27)23(28,15-3-7-17(24)8-4-15)16-5-9-18(25)10-6-16;/h3-12,19-21,28H,13-14H2,1-2H3;1H/q+1;/p-1/t19-,20?,21?;/m1./s1. The molecule has 2 heterocycles. The van der Waals surface area contributed by atoms with Crippen LogP contribution in [0, 0.1) is 11.6 Å². The van der Waals surface area contributed by atoms with Gasteiger partial charge >= 0.3 is 5.97 Å². The van der Waals surface area contributed by atoms with E-state index < -0.39 is 23.2 Å². The van der Waals surface area contributed by atoms with E-state index in [4.69, 9.17) is 4.74 Å². The van der Waals surface area contributed by atoms with Crippen molar-refractivity contribution < 1.29 is 44.9 Å². The molecule has 2 aliphatic heterocycles. The summed E-state index contributed by atoms with van der Waals surface area (Å²) in [7, 11) is 4.31. The van der Waals surface area contributed by atoms with Crippen LogP contribution in [0.25, 0.3) is 0 Å². The van der Waals surface area contributed by atoms with Crippen molar-refractivity contribution in [3.63, 3.8) is 0 Å². The molecule has 2 bridgehead atoms. The predicted octanol–water partition coefficient (Wildman–Crippen LogP) is 0.294. The number of halogens is 3. The Bertz CT molecular complexity index is 880. The summed E-state index contributed by atoms with van der Waals surface area (Å²) in [6.07, 6.45) is 5.30. The highest BCUT2D eigenvalue weighted by Crippen LogP contribution is 2.38. The lowest BCUT2D eigenvalue weighted by atomic mass is 9.86. The van der Waals surface area contributed by atoms with Crippen molar-refractivity contribution in [2.75, 3.05) is 14.1 Å². The second kappa shape index (κ2) is 8.21. The minimum Gasteiger partial charge on any atom is -1.00 e. The molecule has 2 aromatic rings. The van der Waals surface area contributed by atoms with E-state index >= 15 is 0 Å². The molecule has 0 saturated carbocycles. The molecule has 1 saturated heterocycles. The maximum Gasteiger partial charge on any atom is 0.347 e. The van der Waals surface area contributed by atoms with Crippen LogP contribution in [-0.4, -0.2) is 47.8 Å². The summed E-state index contributed by atoms with van der Waals surface area (Å²) < 4.78 is 33.4. The van der Waals surface area contributed by atoms with Crippen LogP contribution in [0.4, 0.5) is 8.78 Å². The average Bonchev–Trinajstić information content (AvgIpc) is 2.85. The average molecular weight is 480 g/mol. The molecular formula is C23H24BrF2NO3. The number of aliphatic hydroxyl groups is 1. The molecule has 0 amide bonds. The number of nitrogens with zero attached hydrogens (tertiary/aromatic N) is 1. The van der Waals surface area contributed by atoms with Gasteiger partial charge in [-0.1, -0.05) is 24.3 Å². The molecule has 3 atom stereocenters. The lowest BCUT2D eigenvalue weighted by Crippen LogP contribution is -3.00. The number of benzene rings is 2. The smallest absolute Gasteiger partial charge is 0.347 e. The molecule has 0 spiro atoms. The van der Waals surface area contributed by atoms with Crippen molar-refractivity contribution in [1.82, 2.24) is 0 Å². The monoisotopic (exact) mass is 479 g/mol. The zero-order valence-corrected chi connectivity index (χ0v) is 18.4. The molecule has 1 fully saturated rings. The highest BCUT2D eigenvalue weighted by Gasteiger charge is 2.49. The number of hydrogen-bond donors (Lipinski definition) is 1. The van der Waals surface area contributed by atoms with Crippen molar-refractivity contribution in [1.29, 1.82) is 0 Å². The first-order valence-electron chi connectivity index (χ1n) is 9.68. The van der Waals surface area contributed by atoms with Gasteiger partial charge in [-0.25, -0.2) is 13.6 Å². The van der Waals surface area contributed by atoms with Gasteiger partial charge < -0.3 is 31.3 Å². The van der Waals surface area contributed by atoms with Crippen LogP contribution in [0.15, 0.2) is 60.7 Å². The van der Waals surface area contributed by atoms with Crippen LogP contribution in [0.1, 0.15) is 24.0 Å². The topological polar surface area (TPSA) is 46.5 Å². The summed E-state index contributed by atoms with van der Waals surface area (Å²) >= 11 is 0. The maximum atomic E-state index is 13.4. The minimum atomic E-state index is -2.16. The molecule has 7 heteroatoms. The molecule has 4 rings (SSSR count). The number of ether oxygens (including phenoxy) is 1. The van der Waals surface area contributed by atoms with E-state index in [2.05, 4.69) is 26.2 Å². The molecule has 2 unspecified atom stereocenters. The highest BCUT2D eigenvalue weighted by molar-refractivity contribution is 5.85. The van der Waals surface area contributed by atoms with Gasteiger partial charge in [-0.3, -0.25) is 0 Å². The number of rotatable bonds is 4. The summed E-state index contributed by atoms with van der Waals surface area (Å²) in [5.41, 5.74) is -1.82. The molecule has 0 aromatic heterocycles. The third-order valence-corrected chi connectivity index (χ3v) is 6.37. The van der Waals surface area contributed by atoms with E-state index in [1.165, 1.54) is 48.5 Å². The Labute approximate surface area is 185 Å². The molecule has 30 heavy (non-hydrogen) atoms. The quantitative estimate of drug-likeness (QED) is 0.389. The Balaban J connectivity index is 0.00000256. The third-order valence-electron chi connectivity index (χ3n) is 6.37. The highest BCUT2D eigenvalue weighted by atomic mass is 79.9. The number of quaternary nitrogens is 1. The van der Waals surface area contributed by atoms with Crippen LogP contribution in [0.2, 0.25) is 0 Å². The first-order valence-corrected chi connectivity index (χ1v) is 9.68. The van der Waals surface area contributed by atoms with Gasteiger partial charge in [0.1, 0.15) is 29.8 Å². The zero-order chi connectivity index (χ0) is 20.8. The summed E-state index contributed by atoms with van der Waals surface area (Å²) in [5, 5.41) is 11.4. The summed E-state index contributed by atoms with van der Waals surface area (Å²) in [5.74, 6) is -1.82. The third kappa shape index (κ3) is 3.82. The first kappa shape index (κ1) is 22.6. The number of esters is 1. The van der Waals surface area contributed by atoms with Crippen LogP contribution < -0.4 is 17.0 Å². The van der Waals surface area contributed by atoms with E-state index in [0.29, 0.717) is 12.8 Å². The fourth-order valence-corrected chi connectivity index (χ4v) is 4.40. The lowest BCUT2D eigenvalue weighted by Gasteiger charge is -2.44.